The smallest absolute Gasteiger partial charge is 0.206 e. The molecule has 0 amide bonds. The van der Waals surface area contributed by atoms with E-state index >= 15 is 0 Å². The minimum Gasteiger partial charge on any atom is -0.493 e. The number of benzene rings is 2. The quantitative estimate of drug-likeness (QED) is 0.755. The molecule has 2 aromatic carbocycles. The molecule has 1 aromatic heterocycles. The number of fused-ring (bicyclic) bond motifs is 3. The lowest BCUT2D eigenvalue weighted by Crippen LogP contribution is -2.22. The predicted molar refractivity (Wildman–Crippen MR) is 95.1 cm³/mol. The summed E-state index contributed by atoms with van der Waals surface area (Å²) in [6, 6.07) is 9.30. The first-order valence-electron chi connectivity index (χ1n) is 7.84. The molecular weight excluding hydrogens is 362 g/mol. The zero-order chi connectivity index (χ0) is 17.6. The Balaban J connectivity index is 1.94. The maximum atomic E-state index is 13.0. The summed E-state index contributed by atoms with van der Waals surface area (Å²) in [6.07, 6.45) is 0.770. The average Bonchev–Trinajstić information content (AvgIpc) is 3.00. The van der Waals surface area contributed by atoms with Gasteiger partial charge >= 0.3 is 0 Å². The molecule has 1 aliphatic heterocycles. The van der Waals surface area contributed by atoms with Crippen LogP contribution in [0.15, 0.2) is 50.6 Å². The van der Waals surface area contributed by atoms with Crippen molar-refractivity contribution >= 4 is 32.4 Å². The maximum Gasteiger partial charge on any atom is 0.206 e. The van der Waals surface area contributed by atoms with Crippen molar-refractivity contribution in [2.45, 2.75) is 22.8 Å². The second kappa shape index (κ2) is 6.05. The van der Waals surface area contributed by atoms with E-state index in [1.54, 1.807) is 18.2 Å². The predicted octanol–water partition coefficient (Wildman–Crippen LogP) is 3.57. The molecule has 0 radical (unpaired) electrons. The van der Waals surface area contributed by atoms with Crippen LogP contribution >= 0.6 is 11.6 Å². The molecule has 0 bridgehead atoms. The van der Waals surface area contributed by atoms with Gasteiger partial charge in [0, 0.05) is 41.5 Å². The lowest BCUT2D eigenvalue weighted by molar-refractivity contribution is 0.404. The molecule has 2 heterocycles. The highest BCUT2D eigenvalue weighted by Gasteiger charge is 2.25. The van der Waals surface area contributed by atoms with Crippen LogP contribution in [-0.2, 0) is 22.8 Å². The average molecular weight is 378 g/mol. The van der Waals surface area contributed by atoms with Gasteiger partial charge in [-0.1, -0.05) is 11.6 Å². The molecule has 4 rings (SSSR count). The van der Waals surface area contributed by atoms with Gasteiger partial charge in [0.05, 0.1) is 16.9 Å². The Morgan fingerprint density at radius 1 is 1.16 bits per heavy atom. The number of halogens is 1. The molecular formula is C18H16ClNO4S. The Labute approximate surface area is 150 Å². The van der Waals surface area contributed by atoms with Gasteiger partial charge < -0.3 is 14.5 Å². The first-order valence-corrected chi connectivity index (χ1v) is 9.70. The van der Waals surface area contributed by atoms with Crippen LogP contribution in [0.2, 0.25) is 5.02 Å². The topological polar surface area (TPSA) is 68.5 Å². The molecule has 0 atom stereocenters. The van der Waals surface area contributed by atoms with Crippen LogP contribution in [0, 0.1) is 0 Å². The Kier molecular flexibility index (Phi) is 3.98. The zero-order valence-electron chi connectivity index (χ0n) is 13.5. The van der Waals surface area contributed by atoms with Crippen molar-refractivity contribution in [3.05, 3.63) is 52.7 Å². The fourth-order valence-corrected chi connectivity index (χ4v) is 4.54. The second-order valence-corrected chi connectivity index (χ2v) is 8.28. The van der Waals surface area contributed by atoms with E-state index in [1.165, 1.54) is 25.3 Å². The minimum atomic E-state index is -3.68. The molecule has 5 nitrogen and oxygen atoms in total. The van der Waals surface area contributed by atoms with Crippen molar-refractivity contribution in [3.63, 3.8) is 0 Å². The molecule has 0 fully saturated rings. The number of ether oxygens (including phenoxy) is 1. The van der Waals surface area contributed by atoms with Crippen LogP contribution in [0.5, 0.6) is 5.75 Å². The van der Waals surface area contributed by atoms with Gasteiger partial charge in [-0.05, 0) is 30.3 Å². The number of sulfone groups is 1. The number of hydrogen-bond donors (Lipinski definition) is 1. The van der Waals surface area contributed by atoms with Gasteiger partial charge in [-0.15, -0.1) is 0 Å². The van der Waals surface area contributed by atoms with Gasteiger partial charge in [0.15, 0.2) is 11.3 Å². The number of hydrogen-bond acceptors (Lipinski definition) is 5. The summed E-state index contributed by atoms with van der Waals surface area (Å²) in [5.74, 6) is 1.30. The van der Waals surface area contributed by atoms with E-state index in [0.29, 0.717) is 22.9 Å². The molecule has 7 heteroatoms. The molecule has 0 saturated carbocycles. The van der Waals surface area contributed by atoms with E-state index < -0.39 is 9.84 Å². The van der Waals surface area contributed by atoms with Gasteiger partial charge in [-0.3, -0.25) is 0 Å². The van der Waals surface area contributed by atoms with E-state index in [4.69, 9.17) is 20.8 Å². The first-order chi connectivity index (χ1) is 12.0. The fourth-order valence-electron chi connectivity index (χ4n) is 3.11. The molecule has 3 aromatic rings. The SMILES string of the molecule is COc1cc(S(=O)(=O)c2ccc(Cl)cc2)cc2c3c(oc12)CCNC3. The lowest BCUT2D eigenvalue weighted by atomic mass is 10.1. The van der Waals surface area contributed by atoms with Gasteiger partial charge in [0.25, 0.3) is 0 Å². The Morgan fingerprint density at radius 2 is 1.92 bits per heavy atom. The third-order valence-electron chi connectivity index (χ3n) is 4.40. The van der Waals surface area contributed by atoms with Gasteiger partial charge in [0.2, 0.25) is 9.84 Å². The van der Waals surface area contributed by atoms with E-state index in [-0.39, 0.29) is 9.79 Å². The highest BCUT2D eigenvalue weighted by Crippen LogP contribution is 2.38. The summed E-state index contributed by atoms with van der Waals surface area (Å²) < 4.78 is 37.3. The molecule has 0 saturated heterocycles. The van der Waals surface area contributed by atoms with Crippen LogP contribution in [0.3, 0.4) is 0 Å². The Hall–Kier alpha value is -2.02. The van der Waals surface area contributed by atoms with E-state index in [1.807, 2.05) is 0 Å². The summed E-state index contributed by atoms with van der Waals surface area (Å²) in [5, 5.41) is 4.55. The van der Waals surface area contributed by atoms with Crippen LogP contribution < -0.4 is 10.1 Å². The summed E-state index contributed by atoms with van der Waals surface area (Å²) in [5.41, 5.74) is 1.58. The van der Waals surface area contributed by atoms with Gasteiger partial charge in [0.1, 0.15) is 5.76 Å². The minimum absolute atomic E-state index is 0.174. The van der Waals surface area contributed by atoms with Gasteiger partial charge in [-0.2, -0.15) is 0 Å². The first kappa shape index (κ1) is 16.4. The van der Waals surface area contributed by atoms with E-state index in [9.17, 15) is 8.42 Å². The third-order valence-corrected chi connectivity index (χ3v) is 6.40. The number of nitrogens with one attached hydrogen (secondary N) is 1. The van der Waals surface area contributed by atoms with Gasteiger partial charge in [-0.25, -0.2) is 8.42 Å². The summed E-state index contributed by atoms with van der Waals surface area (Å²) in [7, 11) is -2.18. The molecule has 1 aliphatic rings. The Morgan fingerprint density at radius 3 is 2.64 bits per heavy atom. The van der Waals surface area contributed by atoms with Crippen molar-refractivity contribution in [2.75, 3.05) is 13.7 Å². The number of methoxy groups -OCH3 is 1. The van der Waals surface area contributed by atoms with E-state index in [2.05, 4.69) is 5.32 Å². The standard InChI is InChI=1S/C18H16ClNO4S/c1-23-17-9-13(25(21,22)12-4-2-11(19)3-5-12)8-14-15-10-20-7-6-16(15)24-18(14)17/h2-5,8-9,20H,6-7,10H2,1H3. The molecule has 1 N–H and O–H groups in total. The highest BCUT2D eigenvalue weighted by atomic mass is 35.5. The second-order valence-electron chi connectivity index (χ2n) is 5.89. The Bertz CT molecular complexity index is 1050. The maximum absolute atomic E-state index is 13.0. The number of furan rings is 1. The molecule has 25 heavy (non-hydrogen) atoms. The molecule has 0 unspecified atom stereocenters. The van der Waals surface area contributed by atoms with E-state index in [0.717, 1.165) is 29.7 Å². The normalized spacial score (nSPS) is 14.5. The lowest BCUT2D eigenvalue weighted by Gasteiger charge is -2.11. The van der Waals surface area contributed by atoms with Crippen molar-refractivity contribution in [1.82, 2.24) is 5.32 Å². The highest BCUT2D eigenvalue weighted by molar-refractivity contribution is 7.91. The largest absolute Gasteiger partial charge is 0.493 e. The molecule has 130 valence electrons. The van der Waals surface area contributed by atoms with Crippen molar-refractivity contribution < 1.29 is 17.6 Å². The monoisotopic (exact) mass is 377 g/mol. The number of rotatable bonds is 3. The van der Waals surface area contributed by atoms with Crippen molar-refractivity contribution in [1.29, 1.82) is 0 Å². The molecule has 0 spiro atoms. The molecule has 0 aliphatic carbocycles. The summed E-state index contributed by atoms with van der Waals surface area (Å²) in [4.78, 5) is 0.363. The van der Waals surface area contributed by atoms with Crippen LogP contribution in [0.25, 0.3) is 11.0 Å². The van der Waals surface area contributed by atoms with Crippen LogP contribution in [-0.4, -0.2) is 22.1 Å². The fraction of sp³-hybridized carbons (Fsp3) is 0.222. The van der Waals surface area contributed by atoms with Crippen LogP contribution in [0.4, 0.5) is 0 Å². The third kappa shape index (κ3) is 2.70. The summed E-state index contributed by atoms with van der Waals surface area (Å²) in [6.45, 7) is 1.49. The van der Waals surface area contributed by atoms with Crippen molar-refractivity contribution in [2.24, 2.45) is 0 Å². The van der Waals surface area contributed by atoms with Crippen molar-refractivity contribution in [3.8, 4) is 5.75 Å². The zero-order valence-corrected chi connectivity index (χ0v) is 15.1. The summed E-state index contributed by atoms with van der Waals surface area (Å²) >= 11 is 5.86. The van der Waals surface area contributed by atoms with Crippen LogP contribution in [0.1, 0.15) is 11.3 Å².